The van der Waals surface area contributed by atoms with E-state index in [9.17, 15) is 9.59 Å². The van der Waals surface area contributed by atoms with E-state index in [1.54, 1.807) is 13.8 Å². The lowest BCUT2D eigenvalue weighted by molar-refractivity contribution is -0.113. The molecule has 0 spiro atoms. The van der Waals surface area contributed by atoms with Gasteiger partial charge in [-0.05, 0) is 72.9 Å². The van der Waals surface area contributed by atoms with E-state index < -0.39 is 0 Å². The van der Waals surface area contributed by atoms with E-state index in [1.165, 1.54) is 0 Å². The number of halogens is 2. The normalized spacial score (nSPS) is 13.4. The van der Waals surface area contributed by atoms with Crippen LogP contribution in [0.25, 0.3) is 0 Å². The maximum absolute atomic E-state index is 11.1. The number of Topliss-reactive ketones (excluding diaryl/α,β-unsaturated/α-hetero) is 2. The van der Waals surface area contributed by atoms with E-state index in [-0.39, 0.29) is 11.6 Å². The Morgan fingerprint density at radius 2 is 1.06 bits per heavy atom. The summed E-state index contributed by atoms with van der Waals surface area (Å²) >= 11 is 4.07. The van der Waals surface area contributed by atoms with Crippen LogP contribution < -0.4 is 10.6 Å². The molecular weight excluding hydrogens is 458 g/mol. The van der Waals surface area contributed by atoms with E-state index in [0.717, 1.165) is 18.6 Å². The second-order valence-corrected chi connectivity index (χ2v) is 6.00. The Kier molecular flexibility index (Phi) is 8.83. The number of allylic oxidation sites excluding steroid dienone is 4. The molecule has 0 saturated carbocycles. The highest BCUT2D eigenvalue weighted by Crippen LogP contribution is 2.12. The fraction of sp³-hybridized carbons (Fsp3) is 0.500. The van der Waals surface area contributed by atoms with Crippen LogP contribution in [0.2, 0.25) is 0 Å². The molecule has 0 aromatic carbocycles. The minimum Gasteiger partial charge on any atom is -0.386 e. The van der Waals surface area contributed by atoms with Crippen molar-refractivity contribution in [3.8, 4) is 0 Å². The summed E-state index contributed by atoms with van der Waals surface area (Å²) in [6.07, 6.45) is 0. The Hall–Kier alpha value is -0.120. The first-order valence-corrected chi connectivity index (χ1v) is 7.65. The molecule has 0 saturated heterocycles. The molecule has 0 unspecified atom stereocenters. The van der Waals surface area contributed by atoms with Gasteiger partial charge in [0.25, 0.3) is 0 Å². The lowest BCUT2D eigenvalue weighted by atomic mass is 10.3. The molecule has 0 aliphatic carbocycles. The summed E-state index contributed by atoms with van der Waals surface area (Å²) in [5.41, 5.74) is 1.76. The van der Waals surface area contributed by atoms with Crippen LogP contribution >= 0.6 is 45.2 Å². The SMILES string of the molecule is CC(=O)C(I)=C(C)NCCNC(C)=C(I)C(C)=O. The third-order valence-electron chi connectivity index (χ3n) is 2.18. The van der Waals surface area contributed by atoms with Crippen molar-refractivity contribution >= 4 is 56.7 Å². The van der Waals surface area contributed by atoms with Gasteiger partial charge in [0, 0.05) is 24.5 Å². The van der Waals surface area contributed by atoms with Crippen LogP contribution in [0.15, 0.2) is 18.6 Å². The smallest absolute Gasteiger partial charge is 0.167 e. The predicted octanol–water partition coefficient (Wildman–Crippen LogP) is 2.68. The molecule has 0 rings (SSSR count). The predicted molar refractivity (Wildman–Crippen MR) is 90.8 cm³/mol. The Balaban J connectivity index is 4.17. The molecule has 0 aliphatic heterocycles. The number of rotatable bonds is 7. The van der Waals surface area contributed by atoms with Gasteiger partial charge in [0.05, 0.1) is 7.16 Å². The quantitative estimate of drug-likeness (QED) is 0.337. The minimum atomic E-state index is 0.0655. The fourth-order valence-electron chi connectivity index (χ4n) is 1.18. The van der Waals surface area contributed by atoms with Gasteiger partial charge >= 0.3 is 0 Å². The summed E-state index contributed by atoms with van der Waals surface area (Å²) in [6.45, 7) is 8.26. The molecular formula is C12H18I2N2O2. The minimum absolute atomic E-state index is 0.0655. The van der Waals surface area contributed by atoms with Crippen molar-refractivity contribution in [1.82, 2.24) is 10.6 Å². The van der Waals surface area contributed by atoms with Crippen molar-refractivity contribution in [3.63, 3.8) is 0 Å². The lowest BCUT2D eigenvalue weighted by Crippen LogP contribution is -2.26. The van der Waals surface area contributed by atoms with Gasteiger partial charge in [-0.25, -0.2) is 0 Å². The van der Waals surface area contributed by atoms with Gasteiger partial charge in [-0.2, -0.15) is 0 Å². The largest absolute Gasteiger partial charge is 0.386 e. The average Bonchev–Trinajstić information content (AvgIpc) is 2.31. The van der Waals surface area contributed by atoms with E-state index in [0.29, 0.717) is 13.1 Å². The molecule has 0 heterocycles. The molecule has 18 heavy (non-hydrogen) atoms. The molecule has 0 aromatic heterocycles. The highest BCUT2D eigenvalue weighted by atomic mass is 127. The molecule has 0 bridgehead atoms. The third-order valence-corrected chi connectivity index (χ3v) is 5.32. The van der Waals surface area contributed by atoms with Crippen molar-refractivity contribution in [1.29, 1.82) is 0 Å². The zero-order valence-corrected chi connectivity index (χ0v) is 15.3. The number of hydrogen-bond donors (Lipinski definition) is 2. The van der Waals surface area contributed by atoms with Crippen LogP contribution in [-0.2, 0) is 9.59 Å². The monoisotopic (exact) mass is 476 g/mol. The maximum Gasteiger partial charge on any atom is 0.167 e. The Morgan fingerprint density at radius 3 is 1.28 bits per heavy atom. The van der Waals surface area contributed by atoms with Crippen molar-refractivity contribution < 1.29 is 9.59 Å². The fourth-order valence-corrected chi connectivity index (χ4v) is 1.56. The third kappa shape index (κ3) is 6.72. The summed E-state index contributed by atoms with van der Waals surface area (Å²) in [7, 11) is 0. The second kappa shape index (κ2) is 8.89. The molecule has 4 nitrogen and oxygen atoms in total. The molecule has 102 valence electrons. The van der Waals surface area contributed by atoms with Crippen LogP contribution in [0.3, 0.4) is 0 Å². The van der Waals surface area contributed by atoms with Crippen LogP contribution in [0.4, 0.5) is 0 Å². The first kappa shape index (κ1) is 17.9. The van der Waals surface area contributed by atoms with E-state index in [1.807, 2.05) is 59.0 Å². The van der Waals surface area contributed by atoms with Crippen molar-refractivity contribution in [2.45, 2.75) is 27.7 Å². The highest BCUT2D eigenvalue weighted by molar-refractivity contribution is 14.1. The number of ketones is 2. The number of nitrogens with one attached hydrogen (secondary N) is 2. The number of hydrogen-bond acceptors (Lipinski definition) is 4. The molecule has 0 aliphatic rings. The molecule has 0 fully saturated rings. The van der Waals surface area contributed by atoms with Crippen LogP contribution in [-0.4, -0.2) is 24.7 Å². The Morgan fingerprint density at radius 1 is 0.778 bits per heavy atom. The number of carbonyl (C=O) groups is 2. The summed E-state index contributed by atoms with van der Waals surface area (Å²) < 4.78 is 1.44. The van der Waals surface area contributed by atoms with Gasteiger partial charge in [-0.15, -0.1) is 0 Å². The summed E-state index contributed by atoms with van der Waals surface area (Å²) in [5.74, 6) is 0.131. The lowest BCUT2D eigenvalue weighted by Gasteiger charge is -2.11. The topological polar surface area (TPSA) is 58.2 Å². The highest BCUT2D eigenvalue weighted by Gasteiger charge is 2.05. The Bertz CT molecular complexity index is 363. The van der Waals surface area contributed by atoms with Crippen molar-refractivity contribution in [2.24, 2.45) is 0 Å². The van der Waals surface area contributed by atoms with E-state index in [4.69, 9.17) is 0 Å². The first-order valence-electron chi connectivity index (χ1n) is 5.49. The summed E-state index contributed by atoms with van der Waals surface area (Å²) in [4.78, 5) is 22.2. The van der Waals surface area contributed by atoms with E-state index in [2.05, 4.69) is 10.6 Å². The standard InChI is InChI=1S/C12H18I2N2O2/c1-7(11(13)9(3)17)15-5-6-16-8(2)12(14)10(4)18/h15-16H,5-6H2,1-4H3. The zero-order valence-electron chi connectivity index (χ0n) is 11.0. The van der Waals surface area contributed by atoms with Gasteiger partial charge in [0.15, 0.2) is 11.6 Å². The molecule has 0 radical (unpaired) electrons. The summed E-state index contributed by atoms with van der Waals surface area (Å²) in [6, 6.07) is 0. The van der Waals surface area contributed by atoms with Crippen LogP contribution in [0, 0.1) is 0 Å². The van der Waals surface area contributed by atoms with Crippen molar-refractivity contribution in [3.05, 3.63) is 18.6 Å². The molecule has 0 atom stereocenters. The molecule has 0 aromatic rings. The van der Waals surface area contributed by atoms with Gasteiger partial charge in [-0.3, -0.25) is 9.59 Å². The van der Waals surface area contributed by atoms with Gasteiger partial charge in [0.1, 0.15) is 0 Å². The Labute approximate surface area is 135 Å². The average molecular weight is 476 g/mol. The second-order valence-electron chi connectivity index (χ2n) is 3.84. The molecule has 6 heteroatoms. The zero-order chi connectivity index (χ0) is 14.3. The van der Waals surface area contributed by atoms with Gasteiger partial charge in [0.2, 0.25) is 0 Å². The maximum atomic E-state index is 11.1. The van der Waals surface area contributed by atoms with Crippen LogP contribution in [0.1, 0.15) is 27.7 Å². The molecule has 0 amide bonds. The van der Waals surface area contributed by atoms with Crippen molar-refractivity contribution in [2.75, 3.05) is 13.1 Å². The molecule has 2 N–H and O–H groups in total. The summed E-state index contributed by atoms with van der Waals surface area (Å²) in [5, 5.41) is 6.33. The first-order chi connectivity index (χ1) is 8.27. The van der Waals surface area contributed by atoms with Gasteiger partial charge in [-0.1, -0.05) is 0 Å². The van der Waals surface area contributed by atoms with Gasteiger partial charge < -0.3 is 10.6 Å². The number of carbonyl (C=O) groups excluding carboxylic acids is 2. The van der Waals surface area contributed by atoms with Crippen LogP contribution in [0.5, 0.6) is 0 Å². The van der Waals surface area contributed by atoms with E-state index >= 15 is 0 Å².